The van der Waals surface area contributed by atoms with E-state index in [-0.39, 0.29) is 11.9 Å². The molecule has 2 aliphatic heterocycles. The molecule has 2 heterocycles. The van der Waals surface area contributed by atoms with Crippen molar-refractivity contribution in [3.05, 3.63) is 0 Å². The van der Waals surface area contributed by atoms with E-state index in [1.54, 1.807) is 4.90 Å². The number of amides is 3. The summed E-state index contributed by atoms with van der Waals surface area (Å²) in [6.07, 6.45) is 1.62. The monoisotopic (exact) mass is 384 g/mol. The van der Waals surface area contributed by atoms with Crippen molar-refractivity contribution < 1.29 is 29.4 Å². The number of hydrogen-bond donors (Lipinski definition) is 5. The van der Waals surface area contributed by atoms with Gasteiger partial charge in [-0.3, -0.25) is 14.4 Å². The molecule has 5 atom stereocenters. The van der Waals surface area contributed by atoms with Gasteiger partial charge in [0.05, 0.1) is 12.1 Å². The zero-order valence-corrected chi connectivity index (χ0v) is 15.6. The standard InChI is InChI=1S/C17H28N4O6/c1-9(14(23)20-13(10(2)22)17(26)27)19-15(24)12-6-4-8-21(12)16(25)11-5-3-7-18-11/h9-13,18,22H,3-8H2,1-2H3,(H,19,24)(H,20,23)(H,26,27)/t9-,10+,11-,12-,13-/m0/s1. The number of carboxylic acids is 1. The molecule has 0 aliphatic carbocycles. The Morgan fingerprint density at radius 2 is 1.81 bits per heavy atom. The van der Waals surface area contributed by atoms with Gasteiger partial charge >= 0.3 is 5.97 Å². The van der Waals surface area contributed by atoms with Gasteiger partial charge < -0.3 is 31.1 Å². The third kappa shape index (κ3) is 5.16. The van der Waals surface area contributed by atoms with Gasteiger partial charge in [-0.25, -0.2) is 4.79 Å². The first-order valence-electron chi connectivity index (χ1n) is 9.28. The predicted molar refractivity (Wildman–Crippen MR) is 94.6 cm³/mol. The number of nitrogens with zero attached hydrogens (tertiary/aromatic N) is 1. The Kier molecular flexibility index (Phi) is 7.14. The number of likely N-dealkylation sites (tertiary alicyclic amines) is 1. The number of carbonyl (C=O) groups excluding carboxylic acids is 3. The molecule has 2 fully saturated rings. The number of hydrogen-bond acceptors (Lipinski definition) is 6. The summed E-state index contributed by atoms with van der Waals surface area (Å²) in [6, 6.07) is -3.36. The Hall–Kier alpha value is -2.20. The van der Waals surface area contributed by atoms with E-state index in [1.807, 2.05) is 0 Å². The van der Waals surface area contributed by atoms with E-state index < -0.39 is 42.0 Å². The van der Waals surface area contributed by atoms with Gasteiger partial charge in [-0.15, -0.1) is 0 Å². The molecule has 0 aromatic heterocycles. The minimum absolute atomic E-state index is 0.0951. The first kappa shape index (κ1) is 21.1. The second-order valence-corrected chi connectivity index (χ2v) is 7.13. The highest BCUT2D eigenvalue weighted by Gasteiger charge is 2.38. The third-order valence-electron chi connectivity index (χ3n) is 5.00. The number of carboxylic acid groups (broad SMARTS) is 1. The highest BCUT2D eigenvalue weighted by molar-refractivity contribution is 5.94. The fraction of sp³-hybridized carbons (Fsp3) is 0.765. The topological polar surface area (TPSA) is 148 Å². The summed E-state index contributed by atoms with van der Waals surface area (Å²) >= 11 is 0. The quantitative estimate of drug-likeness (QED) is 0.347. The van der Waals surface area contributed by atoms with E-state index >= 15 is 0 Å². The van der Waals surface area contributed by atoms with Crippen molar-refractivity contribution in [3.8, 4) is 0 Å². The number of aliphatic hydroxyl groups excluding tert-OH is 1. The number of rotatable bonds is 7. The van der Waals surface area contributed by atoms with Gasteiger partial charge in [0, 0.05) is 6.54 Å². The molecule has 0 radical (unpaired) electrons. The Bertz CT molecular complexity index is 590. The van der Waals surface area contributed by atoms with Crippen LogP contribution in [-0.2, 0) is 19.2 Å². The van der Waals surface area contributed by atoms with Crippen LogP contribution < -0.4 is 16.0 Å². The van der Waals surface area contributed by atoms with Crippen molar-refractivity contribution in [2.75, 3.05) is 13.1 Å². The molecule has 0 unspecified atom stereocenters. The normalized spacial score (nSPS) is 25.5. The van der Waals surface area contributed by atoms with Crippen molar-refractivity contribution >= 4 is 23.7 Å². The Morgan fingerprint density at radius 1 is 1.11 bits per heavy atom. The van der Waals surface area contributed by atoms with Crippen molar-refractivity contribution in [1.29, 1.82) is 0 Å². The maximum atomic E-state index is 12.6. The summed E-state index contributed by atoms with van der Waals surface area (Å²) < 4.78 is 0. The second kappa shape index (κ2) is 9.14. The lowest BCUT2D eigenvalue weighted by molar-refractivity contribution is -0.145. The van der Waals surface area contributed by atoms with Crippen LogP contribution in [-0.4, -0.2) is 82.2 Å². The average Bonchev–Trinajstić information content (AvgIpc) is 3.29. The fourth-order valence-corrected chi connectivity index (χ4v) is 3.44. The van der Waals surface area contributed by atoms with Crippen LogP contribution in [0.15, 0.2) is 0 Å². The van der Waals surface area contributed by atoms with Crippen LogP contribution in [0.4, 0.5) is 0 Å². The van der Waals surface area contributed by atoms with Crippen molar-refractivity contribution in [2.24, 2.45) is 0 Å². The Balaban J connectivity index is 1.93. The van der Waals surface area contributed by atoms with E-state index in [1.165, 1.54) is 13.8 Å². The smallest absolute Gasteiger partial charge is 0.328 e. The van der Waals surface area contributed by atoms with E-state index in [4.69, 9.17) is 5.11 Å². The molecule has 10 heteroatoms. The molecule has 0 spiro atoms. The molecule has 0 aromatic rings. The van der Waals surface area contributed by atoms with E-state index in [2.05, 4.69) is 16.0 Å². The second-order valence-electron chi connectivity index (χ2n) is 7.13. The van der Waals surface area contributed by atoms with Gasteiger partial charge in [-0.2, -0.15) is 0 Å². The lowest BCUT2D eigenvalue weighted by Gasteiger charge is -2.28. The number of aliphatic carboxylic acids is 1. The molecule has 2 saturated heterocycles. The van der Waals surface area contributed by atoms with Crippen LogP contribution >= 0.6 is 0 Å². The van der Waals surface area contributed by atoms with Crippen LogP contribution in [0.3, 0.4) is 0 Å². The SMILES string of the molecule is C[C@H](NC(=O)[C@@H]1CCCN1C(=O)[C@@H]1CCCN1)C(=O)N[C@H](C(=O)O)[C@@H](C)O. The molecule has 0 saturated carbocycles. The molecule has 27 heavy (non-hydrogen) atoms. The maximum absolute atomic E-state index is 12.6. The van der Waals surface area contributed by atoms with Gasteiger partial charge in [0.25, 0.3) is 0 Å². The molecule has 152 valence electrons. The molecular weight excluding hydrogens is 356 g/mol. The summed E-state index contributed by atoms with van der Waals surface area (Å²) in [4.78, 5) is 49.9. The predicted octanol–water partition coefficient (Wildman–Crippen LogP) is -1.82. The highest BCUT2D eigenvalue weighted by atomic mass is 16.4. The third-order valence-corrected chi connectivity index (χ3v) is 5.00. The van der Waals surface area contributed by atoms with Gasteiger partial charge in [-0.1, -0.05) is 0 Å². The average molecular weight is 384 g/mol. The lowest BCUT2D eigenvalue weighted by Crippen LogP contribution is -2.57. The molecule has 0 aromatic carbocycles. The Morgan fingerprint density at radius 3 is 2.37 bits per heavy atom. The maximum Gasteiger partial charge on any atom is 0.328 e. The van der Waals surface area contributed by atoms with Crippen LogP contribution in [0, 0.1) is 0 Å². The number of nitrogens with one attached hydrogen (secondary N) is 3. The first-order chi connectivity index (χ1) is 12.7. The van der Waals surface area contributed by atoms with Gasteiger partial charge in [0.2, 0.25) is 17.7 Å². The minimum atomic E-state index is -1.46. The largest absolute Gasteiger partial charge is 0.480 e. The van der Waals surface area contributed by atoms with Crippen LogP contribution in [0.25, 0.3) is 0 Å². The fourth-order valence-electron chi connectivity index (χ4n) is 3.44. The summed E-state index contributed by atoms with van der Waals surface area (Å²) in [5, 5.41) is 26.3. The van der Waals surface area contributed by atoms with Crippen LogP contribution in [0.5, 0.6) is 0 Å². The van der Waals surface area contributed by atoms with Gasteiger partial charge in [0.1, 0.15) is 12.1 Å². The summed E-state index contributed by atoms with van der Waals surface area (Å²) in [5.41, 5.74) is 0. The van der Waals surface area contributed by atoms with Crippen molar-refractivity contribution in [1.82, 2.24) is 20.9 Å². The van der Waals surface area contributed by atoms with Gasteiger partial charge in [0.15, 0.2) is 6.04 Å². The van der Waals surface area contributed by atoms with Gasteiger partial charge in [-0.05, 0) is 46.1 Å². The number of carbonyl (C=O) groups is 4. The Labute approximate surface area is 157 Å². The van der Waals surface area contributed by atoms with Crippen LogP contribution in [0.2, 0.25) is 0 Å². The summed E-state index contributed by atoms with van der Waals surface area (Å²) in [7, 11) is 0. The highest BCUT2D eigenvalue weighted by Crippen LogP contribution is 2.21. The molecule has 3 amide bonds. The van der Waals surface area contributed by atoms with E-state index in [9.17, 15) is 24.3 Å². The summed E-state index contributed by atoms with van der Waals surface area (Å²) in [6.45, 7) is 3.96. The molecule has 10 nitrogen and oxygen atoms in total. The van der Waals surface area contributed by atoms with Crippen molar-refractivity contribution in [3.63, 3.8) is 0 Å². The summed E-state index contributed by atoms with van der Waals surface area (Å²) in [5.74, 6) is -2.62. The number of aliphatic hydroxyl groups is 1. The van der Waals surface area contributed by atoms with Crippen LogP contribution in [0.1, 0.15) is 39.5 Å². The van der Waals surface area contributed by atoms with E-state index in [0.717, 1.165) is 19.4 Å². The molecule has 2 rings (SSSR count). The zero-order chi connectivity index (χ0) is 20.1. The lowest BCUT2D eigenvalue weighted by atomic mass is 10.1. The first-order valence-corrected chi connectivity index (χ1v) is 9.28. The zero-order valence-electron chi connectivity index (χ0n) is 15.6. The molecule has 2 aliphatic rings. The molecular formula is C17H28N4O6. The van der Waals surface area contributed by atoms with Crippen molar-refractivity contribution in [2.45, 2.75) is 69.8 Å². The minimum Gasteiger partial charge on any atom is -0.480 e. The molecule has 5 N–H and O–H groups in total. The molecule has 0 bridgehead atoms. The van der Waals surface area contributed by atoms with E-state index in [0.29, 0.717) is 19.4 Å².